The number of rotatable bonds is 4. The Kier molecular flexibility index (Phi) is 4.24. The van der Waals surface area contributed by atoms with Crippen molar-refractivity contribution in [2.45, 2.75) is 43.8 Å². The molecule has 0 spiro atoms. The predicted molar refractivity (Wildman–Crippen MR) is 115 cm³/mol. The van der Waals surface area contributed by atoms with Crippen molar-refractivity contribution in [2.24, 2.45) is 0 Å². The van der Waals surface area contributed by atoms with E-state index < -0.39 is 0 Å². The predicted octanol–water partition coefficient (Wildman–Crippen LogP) is 3.98. The van der Waals surface area contributed by atoms with Crippen LogP contribution >= 0.6 is 11.3 Å². The van der Waals surface area contributed by atoms with E-state index >= 15 is 4.39 Å². The quantitative estimate of drug-likeness (QED) is 0.462. The summed E-state index contributed by atoms with van der Waals surface area (Å²) in [7, 11) is 0. The van der Waals surface area contributed by atoms with E-state index in [0.29, 0.717) is 46.0 Å². The second-order valence-electron chi connectivity index (χ2n) is 8.05. The molecule has 30 heavy (non-hydrogen) atoms. The van der Waals surface area contributed by atoms with Crippen molar-refractivity contribution in [3.63, 3.8) is 0 Å². The summed E-state index contributed by atoms with van der Waals surface area (Å²) < 4.78 is 15.9. The van der Waals surface area contributed by atoms with E-state index in [0.717, 1.165) is 23.4 Å². The number of thiazole rings is 1. The topological polar surface area (TPSA) is 91.4 Å². The van der Waals surface area contributed by atoms with Gasteiger partial charge in [0, 0.05) is 41.0 Å². The van der Waals surface area contributed by atoms with E-state index in [-0.39, 0.29) is 5.82 Å². The van der Waals surface area contributed by atoms with Crippen LogP contribution < -0.4 is 10.6 Å². The van der Waals surface area contributed by atoms with Gasteiger partial charge in [0.25, 0.3) is 0 Å². The first-order valence-corrected chi connectivity index (χ1v) is 11.0. The van der Waals surface area contributed by atoms with E-state index in [2.05, 4.69) is 36.0 Å². The number of hydrogen-bond acceptors (Lipinski definition) is 7. The first kappa shape index (κ1) is 17.9. The van der Waals surface area contributed by atoms with E-state index in [9.17, 15) is 0 Å². The number of H-pyrrole nitrogens is 1. The van der Waals surface area contributed by atoms with Gasteiger partial charge in [-0.05, 0) is 43.9 Å². The van der Waals surface area contributed by atoms with Gasteiger partial charge in [-0.2, -0.15) is 5.10 Å². The molecule has 152 valence electrons. The lowest BCUT2D eigenvalue weighted by Crippen LogP contribution is -2.43. The molecule has 2 aliphatic heterocycles. The molecule has 7 nitrogen and oxygen atoms in total. The zero-order valence-corrected chi connectivity index (χ0v) is 16.9. The van der Waals surface area contributed by atoms with Crippen LogP contribution in [0.3, 0.4) is 0 Å². The van der Waals surface area contributed by atoms with Crippen LogP contribution in [0.5, 0.6) is 0 Å². The molecule has 3 aromatic heterocycles. The van der Waals surface area contributed by atoms with Gasteiger partial charge in [0.05, 0.1) is 27.6 Å². The highest BCUT2D eigenvalue weighted by Crippen LogP contribution is 2.38. The Bertz CT molecular complexity index is 1180. The first-order chi connectivity index (χ1) is 14.7. The summed E-state index contributed by atoms with van der Waals surface area (Å²) in [5.74, 6) is 0.417. The fourth-order valence-electron chi connectivity index (χ4n) is 4.78. The van der Waals surface area contributed by atoms with Gasteiger partial charge in [0.2, 0.25) is 0 Å². The number of nitrogens with zero attached hydrogens (tertiary/aromatic N) is 4. The van der Waals surface area contributed by atoms with E-state index in [1.807, 2.05) is 12.1 Å². The van der Waals surface area contributed by atoms with Crippen LogP contribution in [0.2, 0.25) is 0 Å². The van der Waals surface area contributed by atoms with Crippen LogP contribution in [0.25, 0.3) is 32.6 Å². The Morgan fingerprint density at radius 2 is 2.00 bits per heavy atom. The second-order valence-corrected chi connectivity index (χ2v) is 8.91. The van der Waals surface area contributed by atoms with Crippen LogP contribution in [0.4, 0.5) is 10.2 Å². The number of nitrogens with one attached hydrogen (secondary N) is 3. The number of hydrogen-bond donors (Lipinski definition) is 3. The van der Waals surface area contributed by atoms with Gasteiger partial charge < -0.3 is 10.6 Å². The van der Waals surface area contributed by atoms with E-state index in [4.69, 9.17) is 0 Å². The smallest absolute Gasteiger partial charge is 0.148 e. The molecule has 2 unspecified atom stereocenters. The number of anilines is 1. The maximum atomic E-state index is 15.0. The number of fused-ring (bicyclic) bond motifs is 3. The SMILES string of the molecule is Fc1cc(-c2ccc(NC3CC4CCC(C3)N4)nn2)c2scnc2c1-c1cn[nH]c1. The minimum atomic E-state index is -0.348. The molecule has 2 saturated heterocycles. The Labute approximate surface area is 176 Å². The average Bonchev–Trinajstić information content (AvgIpc) is 3.50. The van der Waals surface area contributed by atoms with Gasteiger partial charge in [-0.3, -0.25) is 5.10 Å². The normalized spacial score (nSPS) is 23.2. The molecule has 1 aromatic carbocycles. The molecule has 6 rings (SSSR count). The van der Waals surface area contributed by atoms with Crippen LogP contribution in [-0.2, 0) is 0 Å². The van der Waals surface area contributed by atoms with Crippen LogP contribution in [0.15, 0.2) is 36.1 Å². The number of benzene rings is 1. The summed E-state index contributed by atoms with van der Waals surface area (Å²) >= 11 is 1.47. The summed E-state index contributed by atoms with van der Waals surface area (Å²) in [6.45, 7) is 0. The molecule has 5 heterocycles. The number of aromatic amines is 1. The van der Waals surface area contributed by atoms with Crippen molar-refractivity contribution in [1.29, 1.82) is 0 Å². The number of piperidine rings is 1. The van der Waals surface area contributed by atoms with Crippen LogP contribution in [0, 0.1) is 5.82 Å². The van der Waals surface area contributed by atoms with Gasteiger partial charge in [-0.1, -0.05) is 0 Å². The molecule has 0 amide bonds. The Hall–Kier alpha value is -2.91. The largest absolute Gasteiger partial charge is 0.366 e. The highest BCUT2D eigenvalue weighted by molar-refractivity contribution is 7.17. The molecule has 0 aliphatic carbocycles. The highest BCUT2D eigenvalue weighted by Gasteiger charge is 2.33. The fraction of sp³-hybridized carbons (Fsp3) is 0.333. The molecular weight excluding hydrogens is 401 g/mol. The minimum Gasteiger partial charge on any atom is -0.366 e. The standard InChI is InChI=1S/C21H20FN7S/c22-16-7-15(21-20(23-10-30-21)19(16)11-8-24-25-9-11)17-3-4-18(29-28-17)27-14-5-12-1-2-13(6-14)26-12/h3-4,7-10,12-14,26H,1-2,5-6H2,(H,24,25)(H,27,29). The summed E-state index contributed by atoms with van der Waals surface area (Å²) in [6.07, 6.45) is 8.02. The Balaban J connectivity index is 1.31. The van der Waals surface area contributed by atoms with Gasteiger partial charge in [-0.15, -0.1) is 21.5 Å². The molecule has 2 fully saturated rings. The van der Waals surface area contributed by atoms with Gasteiger partial charge in [0.15, 0.2) is 0 Å². The van der Waals surface area contributed by atoms with Crippen molar-refractivity contribution in [3.8, 4) is 22.4 Å². The molecule has 2 bridgehead atoms. The Morgan fingerprint density at radius 3 is 2.73 bits per heavy atom. The highest BCUT2D eigenvalue weighted by atomic mass is 32.1. The van der Waals surface area contributed by atoms with Crippen molar-refractivity contribution in [1.82, 2.24) is 30.7 Å². The zero-order valence-electron chi connectivity index (χ0n) is 16.1. The molecule has 0 saturated carbocycles. The summed E-state index contributed by atoms with van der Waals surface area (Å²) in [5, 5.41) is 22.6. The third-order valence-electron chi connectivity index (χ3n) is 6.11. The second kappa shape index (κ2) is 7.10. The Morgan fingerprint density at radius 1 is 1.13 bits per heavy atom. The average molecular weight is 422 g/mol. The molecule has 4 aromatic rings. The first-order valence-electron chi connectivity index (χ1n) is 10.2. The zero-order chi connectivity index (χ0) is 20.1. The van der Waals surface area contributed by atoms with Crippen molar-refractivity contribution in [2.75, 3.05) is 5.32 Å². The van der Waals surface area contributed by atoms with Crippen molar-refractivity contribution < 1.29 is 4.39 Å². The lowest BCUT2D eigenvalue weighted by molar-refractivity contribution is 0.377. The molecular formula is C21H20FN7S. The number of halogens is 1. The maximum absolute atomic E-state index is 15.0. The molecule has 3 N–H and O–H groups in total. The van der Waals surface area contributed by atoms with Gasteiger partial charge in [-0.25, -0.2) is 9.37 Å². The van der Waals surface area contributed by atoms with Gasteiger partial charge in [0.1, 0.15) is 11.6 Å². The fourth-order valence-corrected chi connectivity index (χ4v) is 5.60. The third-order valence-corrected chi connectivity index (χ3v) is 6.97. The number of aromatic nitrogens is 5. The third kappa shape index (κ3) is 3.05. The van der Waals surface area contributed by atoms with Gasteiger partial charge >= 0.3 is 0 Å². The van der Waals surface area contributed by atoms with Crippen molar-refractivity contribution >= 4 is 27.4 Å². The minimum absolute atomic E-state index is 0.348. The van der Waals surface area contributed by atoms with Crippen molar-refractivity contribution in [3.05, 3.63) is 41.9 Å². The summed E-state index contributed by atoms with van der Waals surface area (Å²) in [4.78, 5) is 4.41. The molecule has 2 atom stereocenters. The van der Waals surface area contributed by atoms with E-state index in [1.54, 1.807) is 17.9 Å². The van der Waals surface area contributed by atoms with Crippen LogP contribution in [0.1, 0.15) is 25.7 Å². The lowest BCUT2D eigenvalue weighted by Gasteiger charge is -2.29. The van der Waals surface area contributed by atoms with E-state index in [1.165, 1.54) is 30.2 Å². The lowest BCUT2D eigenvalue weighted by atomic mass is 10.00. The monoisotopic (exact) mass is 421 g/mol. The van der Waals surface area contributed by atoms with Crippen LogP contribution in [-0.4, -0.2) is 43.5 Å². The molecule has 9 heteroatoms. The summed E-state index contributed by atoms with van der Waals surface area (Å²) in [6, 6.07) is 7.00. The summed E-state index contributed by atoms with van der Waals surface area (Å²) in [5.41, 5.74) is 4.82. The maximum Gasteiger partial charge on any atom is 0.148 e. The molecule has 2 aliphatic rings. The molecule has 0 radical (unpaired) electrons.